The van der Waals surface area contributed by atoms with Crippen molar-refractivity contribution < 1.29 is 13.2 Å². The summed E-state index contributed by atoms with van der Waals surface area (Å²) in [6.07, 6.45) is 3.26. The molecule has 1 aromatic heterocycles. The molecule has 7 heteroatoms. The van der Waals surface area contributed by atoms with Crippen LogP contribution in [0, 0.1) is 0 Å². The highest BCUT2D eigenvalue weighted by molar-refractivity contribution is 7.91. The van der Waals surface area contributed by atoms with Gasteiger partial charge in [-0.2, -0.15) is 4.31 Å². The van der Waals surface area contributed by atoms with Gasteiger partial charge in [0.2, 0.25) is 5.91 Å². The Bertz CT molecular complexity index is 1210. The molecule has 2 aromatic carbocycles. The Kier molecular flexibility index (Phi) is 5.42. The summed E-state index contributed by atoms with van der Waals surface area (Å²) < 4.78 is 28.5. The summed E-state index contributed by atoms with van der Waals surface area (Å²) in [4.78, 5) is 13.5. The summed E-state index contributed by atoms with van der Waals surface area (Å²) in [5.74, 6) is -0.226. The number of hydrogen-bond donors (Lipinski definition) is 1. The Labute approximate surface area is 186 Å². The summed E-state index contributed by atoms with van der Waals surface area (Å²) in [6.45, 7) is 0.204. The number of rotatable bonds is 4. The summed E-state index contributed by atoms with van der Waals surface area (Å²) in [5.41, 5.74) is 4.39. The van der Waals surface area contributed by atoms with Crippen molar-refractivity contribution in [1.82, 2.24) is 9.62 Å². The lowest BCUT2D eigenvalue weighted by atomic mass is 9.87. The molecule has 2 aliphatic rings. The number of sulfonamides is 1. The van der Waals surface area contributed by atoms with Gasteiger partial charge in [-0.15, -0.1) is 11.3 Å². The summed E-state index contributed by atoms with van der Waals surface area (Å²) >= 11 is 1.18. The lowest BCUT2D eigenvalue weighted by Gasteiger charge is -2.36. The first-order valence-corrected chi connectivity index (χ1v) is 12.9. The molecule has 1 amide bonds. The average molecular weight is 453 g/mol. The quantitative estimate of drug-likeness (QED) is 0.649. The summed E-state index contributed by atoms with van der Waals surface area (Å²) in [6, 6.07) is 18.5. The van der Waals surface area contributed by atoms with Crippen molar-refractivity contribution in [3.05, 3.63) is 88.3 Å². The van der Waals surface area contributed by atoms with Crippen molar-refractivity contribution in [2.45, 2.75) is 48.5 Å². The number of nitrogens with zero attached hydrogens (tertiary/aromatic N) is 1. The smallest absolute Gasteiger partial charge is 0.253 e. The van der Waals surface area contributed by atoms with E-state index in [0.717, 1.165) is 36.0 Å². The zero-order chi connectivity index (χ0) is 21.4. The van der Waals surface area contributed by atoms with Crippen LogP contribution in [-0.2, 0) is 34.2 Å². The standard InChI is InChI=1S/C24H24N2O3S2/c27-24(25-21-12-5-10-17-7-3-4-11-20(17)21)22-15-18-8-1-2-9-19(18)16-26(22)31(28,29)23-13-6-14-30-23/h1-4,6-9,11,13-14,21-22H,5,10,12,15-16H2,(H,25,27)/t21-,22+/m1/s1. The third kappa shape index (κ3) is 3.82. The number of benzene rings is 2. The van der Waals surface area contributed by atoms with Crippen molar-refractivity contribution in [3.8, 4) is 0 Å². The maximum atomic E-state index is 13.5. The van der Waals surface area contributed by atoms with Crippen LogP contribution in [0.2, 0.25) is 0 Å². The first-order chi connectivity index (χ1) is 15.0. The maximum absolute atomic E-state index is 13.5. The Hall–Kier alpha value is -2.48. The van der Waals surface area contributed by atoms with Gasteiger partial charge in [0.25, 0.3) is 10.0 Å². The van der Waals surface area contributed by atoms with Gasteiger partial charge in [-0.3, -0.25) is 4.79 Å². The van der Waals surface area contributed by atoms with Crippen molar-refractivity contribution in [1.29, 1.82) is 0 Å². The van der Waals surface area contributed by atoms with E-state index in [4.69, 9.17) is 0 Å². The van der Waals surface area contributed by atoms with E-state index in [1.807, 2.05) is 36.4 Å². The predicted octanol–water partition coefficient (Wildman–Crippen LogP) is 4.06. The molecule has 2 heterocycles. The van der Waals surface area contributed by atoms with Gasteiger partial charge >= 0.3 is 0 Å². The highest BCUT2D eigenvalue weighted by Crippen LogP contribution is 2.33. The van der Waals surface area contributed by atoms with Gasteiger partial charge in [0.15, 0.2) is 0 Å². The minimum absolute atomic E-state index is 0.0825. The molecule has 31 heavy (non-hydrogen) atoms. The number of amides is 1. The van der Waals surface area contributed by atoms with Gasteiger partial charge in [0.1, 0.15) is 10.3 Å². The lowest BCUT2D eigenvalue weighted by molar-refractivity contribution is -0.126. The van der Waals surface area contributed by atoms with Gasteiger partial charge < -0.3 is 5.32 Å². The second-order valence-electron chi connectivity index (χ2n) is 8.12. The number of carbonyl (C=O) groups is 1. The molecule has 1 aliphatic heterocycles. The van der Waals surface area contributed by atoms with E-state index in [2.05, 4.69) is 17.4 Å². The molecule has 0 saturated carbocycles. The Morgan fingerprint density at radius 3 is 2.48 bits per heavy atom. The minimum atomic E-state index is -3.77. The number of fused-ring (bicyclic) bond motifs is 2. The van der Waals surface area contributed by atoms with Crippen molar-refractivity contribution in [2.24, 2.45) is 0 Å². The van der Waals surface area contributed by atoms with Crippen molar-refractivity contribution in [2.75, 3.05) is 0 Å². The van der Waals surface area contributed by atoms with Crippen LogP contribution in [0.1, 0.15) is 41.1 Å². The van der Waals surface area contributed by atoms with Crippen LogP contribution in [0.25, 0.3) is 0 Å². The molecule has 0 fully saturated rings. The number of carbonyl (C=O) groups excluding carboxylic acids is 1. The van der Waals surface area contributed by atoms with Gasteiger partial charge in [-0.25, -0.2) is 8.42 Å². The highest BCUT2D eigenvalue weighted by atomic mass is 32.2. The first-order valence-electron chi connectivity index (χ1n) is 10.5. The molecule has 0 unspecified atom stereocenters. The topological polar surface area (TPSA) is 66.5 Å². The Balaban J connectivity index is 1.48. The highest BCUT2D eigenvalue weighted by Gasteiger charge is 2.40. The fourth-order valence-electron chi connectivity index (χ4n) is 4.67. The maximum Gasteiger partial charge on any atom is 0.253 e. The molecule has 5 rings (SSSR count). The van der Waals surface area contributed by atoms with Crippen LogP contribution in [-0.4, -0.2) is 24.7 Å². The second-order valence-corrected chi connectivity index (χ2v) is 11.2. The molecular formula is C24H24N2O3S2. The second kappa shape index (κ2) is 8.22. The number of nitrogens with one attached hydrogen (secondary N) is 1. The van der Waals surface area contributed by atoms with Crippen molar-refractivity contribution in [3.63, 3.8) is 0 Å². The van der Waals surface area contributed by atoms with Gasteiger partial charge in [-0.05, 0) is 59.4 Å². The monoisotopic (exact) mass is 452 g/mol. The Morgan fingerprint density at radius 1 is 0.968 bits per heavy atom. The molecule has 0 spiro atoms. The summed E-state index contributed by atoms with van der Waals surface area (Å²) in [7, 11) is -3.77. The van der Waals surface area contributed by atoms with Gasteiger partial charge in [-0.1, -0.05) is 54.6 Å². The van der Waals surface area contributed by atoms with E-state index < -0.39 is 16.1 Å². The molecular weight excluding hydrogens is 428 g/mol. The van der Waals surface area contributed by atoms with Crippen LogP contribution >= 0.6 is 11.3 Å². The van der Waals surface area contributed by atoms with Crippen LogP contribution in [0.15, 0.2) is 70.3 Å². The van der Waals surface area contributed by atoms with E-state index in [0.29, 0.717) is 6.42 Å². The molecule has 3 aromatic rings. The molecule has 0 radical (unpaired) electrons. The van der Waals surface area contributed by atoms with Crippen molar-refractivity contribution >= 4 is 27.3 Å². The normalized spacial score (nSPS) is 21.2. The predicted molar refractivity (Wildman–Crippen MR) is 121 cm³/mol. The van der Waals surface area contributed by atoms with Crippen LogP contribution in [0.3, 0.4) is 0 Å². The zero-order valence-electron chi connectivity index (χ0n) is 17.0. The number of thiophene rings is 1. The Morgan fingerprint density at radius 2 is 1.71 bits per heavy atom. The van der Waals surface area contributed by atoms with Crippen LogP contribution in [0.5, 0.6) is 0 Å². The van der Waals surface area contributed by atoms with E-state index in [-0.39, 0.29) is 22.7 Å². The number of hydrogen-bond acceptors (Lipinski definition) is 4. The first kappa shape index (κ1) is 20.4. The summed E-state index contributed by atoms with van der Waals surface area (Å²) in [5, 5.41) is 4.93. The largest absolute Gasteiger partial charge is 0.348 e. The lowest BCUT2D eigenvalue weighted by Crippen LogP contribution is -2.53. The van der Waals surface area contributed by atoms with E-state index >= 15 is 0 Å². The van der Waals surface area contributed by atoms with E-state index in [1.54, 1.807) is 17.5 Å². The molecule has 0 bridgehead atoms. The SMILES string of the molecule is O=C(N[C@@H]1CCCc2ccccc21)[C@@H]1Cc2ccccc2CN1S(=O)(=O)c1cccs1. The van der Waals surface area contributed by atoms with Gasteiger partial charge in [0.05, 0.1) is 6.04 Å². The van der Waals surface area contributed by atoms with Crippen LogP contribution in [0.4, 0.5) is 0 Å². The molecule has 2 atom stereocenters. The average Bonchev–Trinajstić information content (AvgIpc) is 3.34. The fraction of sp³-hybridized carbons (Fsp3) is 0.292. The van der Waals surface area contributed by atoms with Crippen LogP contribution < -0.4 is 5.32 Å². The van der Waals surface area contributed by atoms with E-state index in [9.17, 15) is 13.2 Å². The minimum Gasteiger partial charge on any atom is -0.348 e. The molecule has 160 valence electrons. The van der Waals surface area contributed by atoms with Gasteiger partial charge in [0, 0.05) is 6.54 Å². The molecule has 1 aliphatic carbocycles. The molecule has 0 saturated heterocycles. The fourth-order valence-corrected chi connectivity index (χ4v) is 7.36. The zero-order valence-corrected chi connectivity index (χ0v) is 18.7. The molecule has 1 N–H and O–H groups in total. The van der Waals surface area contributed by atoms with E-state index in [1.165, 1.54) is 21.2 Å². The third-order valence-corrected chi connectivity index (χ3v) is 9.48. The number of aryl methyl sites for hydroxylation is 1. The third-order valence-electron chi connectivity index (χ3n) is 6.25. The molecule has 5 nitrogen and oxygen atoms in total.